The zero-order chi connectivity index (χ0) is 26.1. The number of nitrogens with zero attached hydrogens (tertiary/aromatic N) is 2. The molecule has 0 aliphatic carbocycles. The van der Waals surface area contributed by atoms with E-state index in [1.165, 1.54) is 28.8 Å². The summed E-state index contributed by atoms with van der Waals surface area (Å²) in [5.74, 6) is 0.498. The SMILES string of the molecule is Cc1cc(C)cc(-c2cc(-c3ccccc3)c(-n3ccnc3-c3ccc(F)cc3)c(-c3ccccc3)c2)c1. The van der Waals surface area contributed by atoms with Crippen LogP contribution in [0.15, 0.2) is 128 Å². The van der Waals surface area contributed by atoms with E-state index < -0.39 is 0 Å². The Morgan fingerprint density at radius 2 is 1.08 bits per heavy atom. The Hall–Kier alpha value is -4.76. The van der Waals surface area contributed by atoms with Gasteiger partial charge in [-0.3, -0.25) is 4.57 Å². The Kier molecular flexibility index (Phi) is 6.19. The predicted octanol–water partition coefficient (Wildman–Crippen LogP) is 9.30. The van der Waals surface area contributed by atoms with Crippen LogP contribution in [0.4, 0.5) is 4.39 Å². The first kappa shape index (κ1) is 23.6. The Bertz CT molecular complexity index is 1640. The van der Waals surface area contributed by atoms with Gasteiger partial charge < -0.3 is 0 Å². The zero-order valence-electron chi connectivity index (χ0n) is 21.4. The molecule has 0 aliphatic rings. The minimum atomic E-state index is -0.264. The molecule has 0 saturated carbocycles. The summed E-state index contributed by atoms with van der Waals surface area (Å²) < 4.78 is 15.9. The topological polar surface area (TPSA) is 17.8 Å². The number of benzene rings is 5. The number of hydrogen-bond donors (Lipinski definition) is 0. The Morgan fingerprint density at radius 3 is 1.63 bits per heavy atom. The minimum absolute atomic E-state index is 0.264. The molecule has 0 amide bonds. The maximum Gasteiger partial charge on any atom is 0.144 e. The van der Waals surface area contributed by atoms with Crippen LogP contribution in [0.25, 0.3) is 50.5 Å². The zero-order valence-corrected chi connectivity index (χ0v) is 21.4. The lowest BCUT2D eigenvalue weighted by molar-refractivity contribution is 0.628. The lowest BCUT2D eigenvalue weighted by atomic mass is 9.90. The molecule has 0 N–H and O–H groups in total. The lowest BCUT2D eigenvalue weighted by Gasteiger charge is -2.21. The summed E-state index contributed by atoms with van der Waals surface area (Å²) in [5, 5.41) is 0. The van der Waals surface area contributed by atoms with Gasteiger partial charge in [0, 0.05) is 29.1 Å². The van der Waals surface area contributed by atoms with Crippen LogP contribution in [0.5, 0.6) is 0 Å². The van der Waals surface area contributed by atoms with Gasteiger partial charge in [-0.05, 0) is 72.5 Å². The third-order valence-electron chi connectivity index (χ3n) is 6.82. The van der Waals surface area contributed by atoms with Gasteiger partial charge in [0.05, 0.1) is 5.69 Å². The van der Waals surface area contributed by atoms with E-state index in [1.807, 2.05) is 18.3 Å². The highest BCUT2D eigenvalue weighted by molar-refractivity contribution is 5.91. The van der Waals surface area contributed by atoms with Crippen LogP contribution >= 0.6 is 0 Å². The second kappa shape index (κ2) is 9.95. The van der Waals surface area contributed by atoms with Gasteiger partial charge >= 0.3 is 0 Å². The minimum Gasteiger partial charge on any atom is -0.299 e. The number of aryl methyl sites for hydroxylation is 2. The molecule has 6 rings (SSSR count). The van der Waals surface area contributed by atoms with Crippen LogP contribution in [0, 0.1) is 19.7 Å². The fourth-order valence-electron chi connectivity index (χ4n) is 5.17. The summed E-state index contributed by atoms with van der Waals surface area (Å²) in [6.45, 7) is 4.28. The van der Waals surface area contributed by atoms with Crippen molar-refractivity contribution in [2.24, 2.45) is 0 Å². The molecule has 0 saturated heterocycles. The molecular formula is C35H27FN2. The fourth-order valence-corrected chi connectivity index (χ4v) is 5.17. The van der Waals surface area contributed by atoms with Gasteiger partial charge in [-0.1, -0.05) is 90.0 Å². The van der Waals surface area contributed by atoms with Crippen LogP contribution in [-0.2, 0) is 0 Å². The molecule has 38 heavy (non-hydrogen) atoms. The van der Waals surface area contributed by atoms with Crippen molar-refractivity contribution in [3.8, 4) is 50.5 Å². The van der Waals surface area contributed by atoms with E-state index in [4.69, 9.17) is 4.98 Å². The molecule has 1 heterocycles. The molecule has 1 aromatic heterocycles. The molecule has 0 spiro atoms. The molecular weight excluding hydrogens is 467 g/mol. The van der Waals surface area contributed by atoms with Crippen molar-refractivity contribution in [2.75, 3.05) is 0 Å². The molecule has 0 radical (unpaired) electrons. The molecule has 0 bridgehead atoms. The quantitative estimate of drug-likeness (QED) is 0.233. The van der Waals surface area contributed by atoms with Crippen LogP contribution < -0.4 is 0 Å². The van der Waals surface area contributed by atoms with Crippen molar-refractivity contribution in [1.29, 1.82) is 0 Å². The van der Waals surface area contributed by atoms with Crippen LogP contribution in [-0.4, -0.2) is 9.55 Å². The second-order valence-electron chi connectivity index (χ2n) is 9.66. The predicted molar refractivity (Wildman–Crippen MR) is 155 cm³/mol. The van der Waals surface area contributed by atoms with E-state index in [1.54, 1.807) is 18.3 Å². The van der Waals surface area contributed by atoms with E-state index in [-0.39, 0.29) is 5.82 Å². The smallest absolute Gasteiger partial charge is 0.144 e. The Labute approximate surface area is 222 Å². The number of rotatable bonds is 5. The maximum absolute atomic E-state index is 13.8. The highest BCUT2D eigenvalue weighted by Crippen LogP contribution is 2.41. The largest absolute Gasteiger partial charge is 0.299 e. The third kappa shape index (κ3) is 4.55. The first-order valence-electron chi connectivity index (χ1n) is 12.7. The van der Waals surface area contributed by atoms with Crippen molar-refractivity contribution in [3.63, 3.8) is 0 Å². The van der Waals surface area contributed by atoms with E-state index in [2.05, 4.69) is 97.3 Å². The average molecular weight is 495 g/mol. The summed E-state index contributed by atoms with van der Waals surface area (Å²) >= 11 is 0. The molecule has 0 atom stereocenters. The van der Waals surface area contributed by atoms with Gasteiger partial charge in [-0.15, -0.1) is 0 Å². The normalized spacial score (nSPS) is 11.0. The van der Waals surface area contributed by atoms with Gasteiger partial charge in [0.2, 0.25) is 0 Å². The third-order valence-corrected chi connectivity index (χ3v) is 6.82. The molecule has 3 heteroatoms. The molecule has 184 valence electrons. The van der Waals surface area contributed by atoms with Crippen LogP contribution in [0.1, 0.15) is 11.1 Å². The standard InChI is InChI=1S/C35H27FN2/c1-24-19-25(2)21-29(20-24)30-22-32(26-9-5-3-6-10-26)34(33(23-30)27-11-7-4-8-12-27)38-18-17-37-35(38)28-13-15-31(36)16-14-28/h3-23H,1-2H3. The summed E-state index contributed by atoms with van der Waals surface area (Å²) in [5.41, 5.74) is 11.1. The molecule has 5 aromatic carbocycles. The first-order valence-corrected chi connectivity index (χ1v) is 12.7. The summed E-state index contributed by atoms with van der Waals surface area (Å²) in [7, 11) is 0. The van der Waals surface area contributed by atoms with Gasteiger partial charge in [0.1, 0.15) is 11.6 Å². The van der Waals surface area contributed by atoms with Crippen molar-refractivity contribution in [3.05, 3.63) is 145 Å². The molecule has 0 unspecified atom stereocenters. The van der Waals surface area contributed by atoms with E-state index in [0.29, 0.717) is 0 Å². The highest BCUT2D eigenvalue weighted by atomic mass is 19.1. The Balaban J connectivity index is 1.70. The van der Waals surface area contributed by atoms with E-state index in [9.17, 15) is 4.39 Å². The van der Waals surface area contributed by atoms with Gasteiger partial charge in [-0.2, -0.15) is 0 Å². The first-order chi connectivity index (χ1) is 18.6. The second-order valence-corrected chi connectivity index (χ2v) is 9.66. The van der Waals surface area contributed by atoms with E-state index >= 15 is 0 Å². The highest BCUT2D eigenvalue weighted by Gasteiger charge is 2.20. The molecule has 0 aliphatic heterocycles. The monoisotopic (exact) mass is 494 g/mol. The molecule has 6 aromatic rings. The van der Waals surface area contributed by atoms with Gasteiger partial charge in [0.25, 0.3) is 0 Å². The van der Waals surface area contributed by atoms with Crippen molar-refractivity contribution in [1.82, 2.24) is 9.55 Å². The van der Waals surface area contributed by atoms with Crippen LogP contribution in [0.3, 0.4) is 0 Å². The summed E-state index contributed by atoms with van der Waals surface area (Å²) in [6.07, 6.45) is 3.80. The Morgan fingerprint density at radius 1 is 0.553 bits per heavy atom. The number of imidazole rings is 1. The van der Waals surface area contributed by atoms with Crippen molar-refractivity contribution in [2.45, 2.75) is 13.8 Å². The lowest BCUT2D eigenvalue weighted by Crippen LogP contribution is -2.03. The van der Waals surface area contributed by atoms with Crippen molar-refractivity contribution < 1.29 is 4.39 Å². The van der Waals surface area contributed by atoms with Crippen LogP contribution in [0.2, 0.25) is 0 Å². The van der Waals surface area contributed by atoms with E-state index in [0.717, 1.165) is 44.9 Å². The van der Waals surface area contributed by atoms with Crippen molar-refractivity contribution >= 4 is 0 Å². The molecule has 0 fully saturated rings. The van der Waals surface area contributed by atoms with Gasteiger partial charge in [-0.25, -0.2) is 9.37 Å². The number of hydrogen-bond acceptors (Lipinski definition) is 1. The summed E-state index contributed by atoms with van der Waals surface area (Å²) in [4.78, 5) is 4.71. The number of halogens is 1. The van der Waals surface area contributed by atoms with Gasteiger partial charge in [0.15, 0.2) is 0 Å². The number of aromatic nitrogens is 2. The maximum atomic E-state index is 13.8. The molecule has 2 nitrogen and oxygen atoms in total. The summed E-state index contributed by atoms with van der Waals surface area (Å²) in [6, 6.07) is 38.7. The average Bonchev–Trinajstić information content (AvgIpc) is 3.43. The fraction of sp³-hybridized carbons (Fsp3) is 0.0571.